The molecule has 7 heteroatoms. The number of anilines is 3. The van der Waals surface area contributed by atoms with Gasteiger partial charge < -0.3 is 10.2 Å². The van der Waals surface area contributed by atoms with Crippen LogP contribution in [0.5, 0.6) is 0 Å². The van der Waals surface area contributed by atoms with Gasteiger partial charge in [-0.3, -0.25) is 0 Å². The third-order valence-electron chi connectivity index (χ3n) is 4.72. The molecule has 1 N–H and O–H groups in total. The Bertz CT molecular complexity index is 1170. The number of fused-ring (bicyclic) bond motifs is 1. The summed E-state index contributed by atoms with van der Waals surface area (Å²) in [5.74, 6) is 0.947. The van der Waals surface area contributed by atoms with Crippen LogP contribution < -0.4 is 10.2 Å². The summed E-state index contributed by atoms with van der Waals surface area (Å²) in [6.45, 7) is 0. The number of nitrogens with one attached hydrogen (secondary N) is 1. The number of para-hydroxylation sites is 1. The normalized spacial score (nSPS) is 11.5. The molecule has 3 aromatic carbocycles. The summed E-state index contributed by atoms with van der Waals surface area (Å²) >= 11 is 0. The molecular weight excluding hydrogens is 389 g/mol. The minimum Gasteiger partial charge on any atom is -0.378 e. The summed E-state index contributed by atoms with van der Waals surface area (Å²) in [4.78, 5) is 11.1. The lowest BCUT2D eigenvalue weighted by Crippen LogP contribution is -2.08. The van der Waals surface area contributed by atoms with E-state index in [1.165, 1.54) is 12.1 Å². The number of benzene rings is 3. The third kappa shape index (κ3) is 4.05. The number of aromatic nitrogens is 2. The average molecular weight is 408 g/mol. The first kappa shape index (κ1) is 19.7. The lowest BCUT2D eigenvalue weighted by molar-refractivity contribution is -0.137. The van der Waals surface area contributed by atoms with E-state index >= 15 is 0 Å². The fraction of sp³-hybridized carbons (Fsp3) is 0.130. The predicted octanol–water partition coefficient (Wildman–Crippen LogP) is 6.13. The van der Waals surface area contributed by atoms with Gasteiger partial charge in [0.1, 0.15) is 5.82 Å². The summed E-state index contributed by atoms with van der Waals surface area (Å²) < 4.78 is 38.6. The first-order valence-corrected chi connectivity index (χ1v) is 9.30. The molecule has 1 heterocycles. The van der Waals surface area contributed by atoms with Crippen molar-refractivity contribution in [2.24, 2.45) is 0 Å². The molecule has 0 unspecified atom stereocenters. The Labute approximate surface area is 172 Å². The number of halogens is 3. The minimum absolute atomic E-state index is 0.356. The van der Waals surface area contributed by atoms with Crippen molar-refractivity contribution in [1.82, 2.24) is 9.97 Å². The van der Waals surface area contributed by atoms with E-state index in [1.807, 2.05) is 67.5 Å². The van der Waals surface area contributed by atoms with Crippen molar-refractivity contribution >= 4 is 28.1 Å². The summed E-state index contributed by atoms with van der Waals surface area (Å²) in [7, 11) is 3.94. The summed E-state index contributed by atoms with van der Waals surface area (Å²) in [6, 6.07) is 20.3. The van der Waals surface area contributed by atoms with Gasteiger partial charge >= 0.3 is 6.18 Å². The Morgan fingerprint density at radius 1 is 0.800 bits per heavy atom. The van der Waals surface area contributed by atoms with E-state index in [0.717, 1.165) is 28.9 Å². The van der Waals surface area contributed by atoms with Crippen molar-refractivity contribution in [1.29, 1.82) is 0 Å². The zero-order chi connectivity index (χ0) is 21.3. The van der Waals surface area contributed by atoms with Crippen molar-refractivity contribution in [2.45, 2.75) is 6.18 Å². The van der Waals surface area contributed by atoms with E-state index in [2.05, 4.69) is 15.3 Å². The molecule has 0 fully saturated rings. The molecule has 0 amide bonds. The van der Waals surface area contributed by atoms with Gasteiger partial charge in [0.25, 0.3) is 0 Å². The molecule has 4 aromatic rings. The van der Waals surface area contributed by atoms with Crippen LogP contribution in [0.4, 0.5) is 30.4 Å². The molecule has 0 radical (unpaired) electrons. The van der Waals surface area contributed by atoms with Crippen molar-refractivity contribution in [3.8, 4) is 11.4 Å². The minimum atomic E-state index is -4.38. The van der Waals surface area contributed by atoms with E-state index in [0.29, 0.717) is 22.7 Å². The SMILES string of the molecule is CN(C)c1ccc(Nc2nc(-c3ccc(C(F)(F)F)cc3)nc3ccccc23)cc1. The molecule has 0 aliphatic carbocycles. The second-order valence-corrected chi connectivity index (χ2v) is 7.05. The molecule has 30 heavy (non-hydrogen) atoms. The van der Waals surface area contributed by atoms with Crippen molar-refractivity contribution < 1.29 is 13.2 Å². The molecular formula is C23H19F3N4. The summed E-state index contributed by atoms with van der Waals surface area (Å²) in [5.41, 5.74) is 2.43. The van der Waals surface area contributed by atoms with E-state index < -0.39 is 11.7 Å². The second-order valence-electron chi connectivity index (χ2n) is 7.05. The van der Waals surface area contributed by atoms with Gasteiger partial charge in [-0.05, 0) is 48.5 Å². The number of hydrogen-bond acceptors (Lipinski definition) is 4. The lowest BCUT2D eigenvalue weighted by atomic mass is 10.1. The molecule has 0 aliphatic rings. The Balaban J connectivity index is 1.74. The van der Waals surface area contributed by atoms with Crippen LogP contribution in [0.15, 0.2) is 72.8 Å². The zero-order valence-corrected chi connectivity index (χ0v) is 16.4. The van der Waals surface area contributed by atoms with Gasteiger partial charge in [0, 0.05) is 36.4 Å². The van der Waals surface area contributed by atoms with Crippen LogP contribution in [-0.2, 0) is 6.18 Å². The van der Waals surface area contributed by atoms with Crippen LogP contribution in [-0.4, -0.2) is 24.1 Å². The highest BCUT2D eigenvalue weighted by atomic mass is 19.4. The molecule has 0 atom stereocenters. The van der Waals surface area contributed by atoms with Crippen molar-refractivity contribution in [2.75, 3.05) is 24.3 Å². The van der Waals surface area contributed by atoms with Crippen molar-refractivity contribution in [3.05, 3.63) is 78.4 Å². The van der Waals surface area contributed by atoms with Crippen LogP contribution in [0.3, 0.4) is 0 Å². The highest BCUT2D eigenvalue weighted by molar-refractivity contribution is 5.92. The first-order valence-electron chi connectivity index (χ1n) is 9.30. The first-order chi connectivity index (χ1) is 14.3. The molecule has 152 valence electrons. The number of alkyl halides is 3. The van der Waals surface area contributed by atoms with Gasteiger partial charge in [-0.2, -0.15) is 13.2 Å². The quantitative estimate of drug-likeness (QED) is 0.441. The van der Waals surface area contributed by atoms with Crippen molar-refractivity contribution in [3.63, 3.8) is 0 Å². The van der Waals surface area contributed by atoms with E-state index in [4.69, 9.17) is 0 Å². The molecule has 0 saturated carbocycles. The average Bonchev–Trinajstić information content (AvgIpc) is 2.73. The summed E-state index contributed by atoms with van der Waals surface area (Å²) in [5, 5.41) is 4.13. The van der Waals surface area contributed by atoms with Crippen LogP contribution >= 0.6 is 0 Å². The zero-order valence-electron chi connectivity index (χ0n) is 16.4. The predicted molar refractivity (Wildman–Crippen MR) is 114 cm³/mol. The molecule has 4 rings (SSSR count). The highest BCUT2D eigenvalue weighted by Gasteiger charge is 2.30. The van der Waals surface area contributed by atoms with E-state index in [9.17, 15) is 13.2 Å². The Morgan fingerprint density at radius 3 is 2.10 bits per heavy atom. The number of rotatable bonds is 4. The van der Waals surface area contributed by atoms with Crippen LogP contribution in [0.1, 0.15) is 5.56 Å². The maximum Gasteiger partial charge on any atom is 0.416 e. The van der Waals surface area contributed by atoms with Gasteiger partial charge in [-0.1, -0.05) is 24.3 Å². The van der Waals surface area contributed by atoms with Gasteiger partial charge in [-0.15, -0.1) is 0 Å². The molecule has 0 bridgehead atoms. The molecule has 1 aromatic heterocycles. The number of hydrogen-bond donors (Lipinski definition) is 1. The fourth-order valence-electron chi connectivity index (χ4n) is 3.09. The molecule has 0 saturated heterocycles. The van der Waals surface area contributed by atoms with Gasteiger partial charge in [0.15, 0.2) is 5.82 Å². The van der Waals surface area contributed by atoms with Crippen LogP contribution in [0, 0.1) is 0 Å². The topological polar surface area (TPSA) is 41.0 Å². The monoisotopic (exact) mass is 408 g/mol. The standard InChI is InChI=1S/C23H19F3N4/c1-30(2)18-13-11-17(12-14-18)27-22-19-5-3-4-6-20(19)28-21(29-22)15-7-9-16(10-8-15)23(24,25)26/h3-14H,1-2H3,(H,27,28,29). The Kier molecular flexibility index (Phi) is 5.03. The second kappa shape index (κ2) is 7.67. The Morgan fingerprint density at radius 2 is 1.47 bits per heavy atom. The van der Waals surface area contributed by atoms with E-state index in [1.54, 1.807) is 0 Å². The molecule has 0 aliphatic heterocycles. The smallest absolute Gasteiger partial charge is 0.378 e. The van der Waals surface area contributed by atoms with Gasteiger partial charge in [-0.25, -0.2) is 9.97 Å². The number of nitrogens with zero attached hydrogens (tertiary/aromatic N) is 3. The summed E-state index contributed by atoms with van der Waals surface area (Å²) in [6.07, 6.45) is -4.38. The van der Waals surface area contributed by atoms with Crippen LogP contribution in [0.2, 0.25) is 0 Å². The Hall–Kier alpha value is -3.61. The lowest BCUT2D eigenvalue weighted by Gasteiger charge is -2.14. The maximum atomic E-state index is 12.9. The molecule has 4 nitrogen and oxygen atoms in total. The van der Waals surface area contributed by atoms with Gasteiger partial charge in [0.2, 0.25) is 0 Å². The third-order valence-corrected chi connectivity index (χ3v) is 4.72. The van der Waals surface area contributed by atoms with Gasteiger partial charge in [0.05, 0.1) is 11.1 Å². The van der Waals surface area contributed by atoms with E-state index in [-0.39, 0.29) is 0 Å². The maximum absolute atomic E-state index is 12.9. The highest BCUT2D eigenvalue weighted by Crippen LogP contribution is 2.32. The van der Waals surface area contributed by atoms with Crippen LogP contribution in [0.25, 0.3) is 22.3 Å². The largest absolute Gasteiger partial charge is 0.416 e. The fourth-order valence-corrected chi connectivity index (χ4v) is 3.09. The molecule has 0 spiro atoms.